The molecule has 1 amide bonds. The quantitative estimate of drug-likeness (QED) is 0.563. The Balaban J connectivity index is 1.41. The minimum Gasteiger partial charge on any atom is -0.490 e. The molecule has 0 saturated carbocycles. The first kappa shape index (κ1) is 23.2. The zero-order valence-corrected chi connectivity index (χ0v) is 19.1. The van der Waals surface area contributed by atoms with Gasteiger partial charge in [-0.25, -0.2) is 0 Å². The summed E-state index contributed by atoms with van der Waals surface area (Å²) in [5.74, 6) is 0.409. The fourth-order valence-corrected chi connectivity index (χ4v) is 4.63. The topological polar surface area (TPSA) is 45.1 Å². The minimum atomic E-state index is -4.37. The Hall–Kier alpha value is -2.94. The SMILES string of the molecule is CC(C)Oc1ccccc1/C=C1\SC(N2CCN(c3cccc(C(F)(F)F)c3)CC2)=NC1=O. The van der Waals surface area contributed by atoms with E-state index in [1.165, 1.54) is 23.9 Å². The van der Waals surface area contributed by atoms with Crippen LogP contribution in [0.3, 0.4) is 0 Å². The predicted octanol–water partition coefficient (Wildman–Crippen LogP) is 5.29. The van der Waals surface area contributed by atoms with Gasteiger partial charge in [0.25, 0.3) is 5.91 Å². The molecule has 5 nitrogen and oxygen atoms in total. The molecule has 2 aromatic carbocycles. The van der Waals surface area contributed by atoms with Crippen molar-refractivity contribution in [2.24, 2.45) is 4.99 Å². The number of amidine groups is 1. The third-order valence-electron chi connectivity index (χ3n) is 5.27. The van der Waals surface area contributed by atoms with E-state index in [4.69, 9.17) is 4.74 Å². The number of aliphatic imine (C=N–C) groups is 1. The summed E-state index contributed by atoms with van der Waals surface area (Å²) in [5.41, 5.74) is 0.706. The molecule has 0 atom stereocenters. The summed E-state index contributed by atoms with van der Waals surface area (Å²) >= 11 is 1.32. The van der Waals surface area contributed by atoms with Crippen LogP contribution >= 0.6 is 11.8 Å². The van der Waals surface area contributed by atoms with Gasteiger partial charge in [0.15, 0.2) is 5.17 Å². The first-order valence-electron chi connectivity index (χ1n) is 10.7. The van der Waals surface area contributed by atoms with E-state index >= 15 is 0 Å². The summed E-state index contributed by atoms with van der Waals surface area (Å²) in [6, 6.07) is 12.9. The van der Waals surface area contributed by atoms with Crippen molar-refractivity contribution in [3.05, 3.63) is 64.6 Å². The van der Waals surface area contributed by atoms with Gasteiger partial charge in [0.2, 0.25) is 0 Å². The molecule has 4 rings (SSSR count). The Labute approximate surface area is 194 Å². The van der Waals surface area contributed by atoms with Crippen molar-refractivity contribution in [2.75, 3.05) is 31.1 Å². The number of hydrogen-bond acceptors (Lipinski definition) is 5. The highest BCUT2D eigenvalue weighted by molar-refractivity contribution is 8.18. The van der Waals surface area contributed by atoms with Gasteiger partial charge in [-0.2, -0.15) is 18.2 Å². The number of amides is 1. The lowest BCUT2D eigenvalue weighted by atomic mass is 10.1. The highest BCUT2D eigenvalue weighted by Gasteiger charge is 2.32. The van der Waals surface area contributed by atoms with Gasteiger partial charge in [0, 0.05) is 37.4 Å². The molecule has 9 heteroatoms. The minimum absolute atomic E-state index is 0.0106. The fraction of sp³-hybridized carbons (Fsp3) is 0.333. The third kappa shape index (κ3) is 5.52. The third-order valence-corrected chi connectivity index (χ3v) is 6.31. The lowest BCUT2D eigenvalue weighted by Crippen LogP contribution is -2.47. The number of nitrogens with zero attached hydrogens (tertiary/aromatic N) is 3. The summed E-state index contributed by atoms with van der Waals surface area (Å²) in [4.78, 5) is 21.2. The molecule has 0 bridgehead atoms. The van der Waals surface area contributed by atoms with Gasteiger partial charge in [-0.15, -0.1) is 0 Å². The van der Waals surface area contributed by atoms with Gasteiger partial charge < -0.3 is 14.5 Å². The second-order valence-electron chi connectivity index (χ2n) is 8.04. The van der Waals surface area contributed by atoms with Gasteiger partial charge in [0.05, 0.1) is 16.6 Å². The number of hydrogen-bond donors (Lipinski definition) is 0. The summed E-state index contributed by atoms with van der Waals surface area (Å²) in [7, 11) is 0. The summed E-state index contributed by atoms with van der Waals surface area (Å²) in [6.07, 6.45) is -2.56. The van der Waals surface area contributed by atoms with E-state index in [9.17, 15) is 18.0 Å². The molecule has 174 valence electrons. The van der Waals surface area contributed by atoms with E-state index in [0.717, 1.165) is 11.6 Å². The molecule has 0 radical (unpaired) electrons. The van der Waals surface area contributed by atoms with Crippen LogP contribution in [0.25, 0.3) is 6.08 Å². The number of ether oxygens (including phenoxy) is 1. The molecule has 2 heterocycles. The molecule has 2 aliphatic heterocycles. The zero-order valence-electron chi connectivity index (χ0n) is 18.3. The molecule has 0 N–H and O–H groups in total. The van der Waals surface area contributed by atoms with Crippen LogP contribution in [0.5, 0.6) is 5.75 Å². The largest absolute Gasteiger partial charge is 0.490 e. The molecule has 33 heavy (non-hydrogen) atoms. The fourth-order valence-electron chi connectivity index (χ4n) is 3.67. The van der Waals surface area contributed by atoms with Crippen molar-refractivity contribution in [3.63, 3.8) is 0 Å². The number of piperazine rings is 1. The lowest BCUT2D eigenvalue weighted by molar-refractivity contribution is -0.137. The van der Waals surface area contributed by atoms with Crippen LogP contribution in [0.4, 0.5) is 18.9 Å². The number of anilines is 1. The highest BCUT2D eigenvalue weighted by Crippen LogP contribution is 2.34. The van der Waals surface area contributed by atoms with E-state index in [1.807, 2.05) is 47.9 Å². The first-order chi connectivity index (χ1) is 15.7. The Kier molecular flexibility index (Phi) is 6.69. The number of halogens is 3. The molecule has 2 aliphatic rings. The van der Waals surface area contributed by atoms with Crippen LogP contribution in [-0.4, -0.2) is 48.3 Å². The van der Waals surface area contributed by atoms with E-state index in [2.05, 4.69) is 4.99 Å². The summed E-state index contributed by atoms with van der Waals surface area (Å²) in [6.45, 7) is 6.10. The Morgan fingerprint density at radius 2 is 1.73 bits per heavy atom. The average Bonchev–Trinajstić information content (AvgIpc) is 3.14. The van der Waals surface area contributed by atoms with Crippen molar-refractivity contribution in [1.82, 2.24) is 4.90 Å². The van der Waals surface area contributed by atoms with Crippen LogP contribution in [-0.2, 0) is 11.0 Å². The number of carbonyl (C=O) groups is 1. The smallest absolute Gasteiger partial charge is 0.416 e. The van der Waals surface area contributed by atoms with Crippen LogP contribution in [0, 0.1) is 0 Å². The number of carbonyl (C=O) groups excluding carboxylic acids is 1. The molecule has 1 saturated heterocycles. The van der Waals surface area contributed by atoms with Crippen LogP contribution in [0.15, 0.2) is 58.4 Å². The van der Waals surface area contributed by atoms with Gasteiger partial charge in [-0.05, 0) is 56.0 Å². The van der Waals surface area contributed by atoms with E-state index in [0.29, 0.717) is 47.7 Å². The zero-order chi connectivity index (χ0) is 23.6. The summed E-state index contributed by atoms with van der Waals surface area (Å²) < 4.78 is 44.9. The first-order valence-corrected chi connectivity index (χ1v) is 11.5. The lowest BCUT2D eigenvalue weighted by Gasteiger charge is -2.36. The second kappa shape index (κ2) is 9.51. The van der Waals surface area contributed by atoms with Crippen molar-refractivity contribution >= 4 is 34.6 Å². The maximum Gasteiger partial charge on any atom is 0.416 e. The molecular formula is C24H24F3N3O2S. The number of thioether (sulfide) groups is 1. The summed E-state index contributed by atoms with van der Waals surface area (Å²) in [5, 5.41) is 0.622. The van der Waals surface area contributed by atoms with Crippen molar-refractivity contribution in [2.45, 2.75) is 26.1 Å². The number of benzene rings is 2. The normalized spacial score (nSPS) is 18.3. The van der Waals surface area contributed by atoms with Gasteiger partial charge in [-0.3, -0.25) is 4.79 Å². The molecule has 2 aromatic rings. The van der Waals surface area contributed by atoms with E-state index in [1.54, 1.807) is 12.1 Å². The standard InChI is InChI=1S/C24H24F3N3O2S/c1-16(2)32-20-9-4-3-6-17(20)14-21-22(31)28-23(33-21)30-12-10-29(11-13-30)19-8-5-7-18(15-19)24(25,26)27/h3-9,14-16H,10-13H2,1-2H3/b21-14-. The predicted molar refractivity (Wildman–Crippen MR) is 125 cm³/mol. The van der Waals surface area contributed by atoms with Crippen molar-refractivity contribution in [3.8, 4) is 5.75 Å². The molecular weight excluding hydrogens is 451 g/mol. The maximum atomic E-state index is 13.0. The van der Waals surface area contributed by atoms with Crippen molar-refractivity contribution in [1.29, 1.82) is 0 Å². The van der Waals surface area contributed by atoms with E-state index < -0.39 is 11.7 Å². The molecule has 1 fully saturated rings. The van der Waals surface area contributed by atoms with Crippen LogP contribution in [0.1, 0.15) is 25.0 Å². The molecule has 0 spiro atoms. The number of alkyl halides is 3. The number of para-hydroxylation sites is 1. The highest BCUT2D eigenvalue weighted by atomic mass is 32.2. The Morgan fingerprint density at radius 1 is 1.03 bits per heavy atom. The van der Waals surface area contributed by atoms with E-state index in [-0.39, 0.29) is 12.0 Å². The monoisotopic (exact) mass is 475 g/mol. The van der Waals surface area contributed by atoms with Gasteiger partial charge in [0.1, 0.15) is 5.75 Å². The van der Waals surface area contributed by atoms with Gasteiger partial charge >= 0.3 is 6.18 Å². The number of rotatable bonds is 4. The van der Waals surface area contributed by atoms with Gasteiger partial charge in [-0.1, -0.05) is 24.3 Å². The molecule has 0 unspecified atom stereocenters. The second-order valence-corrected chi connectivity index (χ2v) is 9.05. The Morgan fingerprint density at radius 3 is 2.42 bits per heavy atom. The Bertz CT molecular complexity index is 1090. The van der Waals surface area contributed by atoms with Crippen LogP contribution in [0.2, 0.25) is 0 Å². The molecule has 0 aromatic heterocycles. The van der Waals surface area contributed by atoms with Crippen LogP contribution < -0.4 is 9.64 Å². The average molecular weight is 476 g/mol. The maximum absolute atomic E-state index is 13.0. The van der Waals surface area contributed by atoms with Crippen molar-refractivity contribution < 1.29 is 22.7 Å². The molecule has 0 aliphatic carbocycles.